The van der Waals surface area contributed by atoms with E-state index >= 15 is 0 Å². The number of aryl methyl sites for hydroxylation is 1. The van der Waals surface area contributed by atoms with Crippen molar-refractivity contribution in [2.45, 2.75) is 18.0 Å². The van der Waals surface area contributed by atoms with Crippen molar-refractivity contribution < 1.29 is 31.5 Å². The molecule has 0 spiro atoms. The zero-order chi connectivity index (χ0) is 24.0. The summed E-state index contributed by atoms with van der Waals surface area (Å²) in [6.07, 6.45) is -1.80. The predicted molar refractivity (Wildman–Crippen MR) is 113 cm³/mol. The Morgan fingerprint density at radius 3 is 2.18 bits per heavy atom. The van der Waals surface area contributed by atoms with E-state index in [9.17, 15) is 26.8 Å². The number of rotatable bonds is 4. The van der Waals surface area contributed by atoms with E-state index in [1.807, 2.05) is 6.07 Å². The number of nitrogens with zero attached hydrogens (tertiary/aromatic N) is 3. The maximum atomic E-state index is 13.5. The highest BCUT2D eigenvalue weighted by Gasteiger charge is 2.35. The average molecular weight is 475 g/mol. The van der Waals surface area contributed by atoms with Crippen molar-refractivity contribution >= 4 is 10.0 Å². The van der Waals surface area contributed by atoms with Gasteiger partial charge in [0.05, 0.1) is 16.3 Å². The number of nitrogens with two attached hydrogens (primary N) is 1. The first kappa shape index (κ1) is 22.5. The molecule has 0 saturated carbocycles. The minimum Gasteiger partial charge on any atom is -0.285 e. The summed E-state index contributed by atoms with van der Waals surface area (Å²) < 4.78 is 65.6. The van der Waals surface area contributed by atoms with Gasteiger partial charge < -0.3 is 0 Å². The van der Waals surface area contributed by atoms with Crippen LogP contribution in [0.4, 0.5) is 13.2 Å². The normalized spacial score (nSPS) is 12.2. The van der Waals surface area contributed by atoms with E-state index in [0.717, 1.165) is 26.6 Å². The molecule has 4 aromatic rings. The lowest BCUT2D eigenvalue weighted by Crippen LogP contribution is -2.27. The van der Waals surface area contributed by atoms with Gasteiger partial charge in [-0.05, 0) is 60.0 Å². The van der Waals surface area contributed by atoms with Gasteiger partial charge in [0, 0.05) is 22.4 Å². The van der Waals surface area contributed by atoms with Gasteiger partial charge in [-0.2, -0.15) is 18.3 Å². The minimum atomic E-state index is -4.68. The number of alkyl halides is 3. The summed E-state index contributed by atoms with van der Waals surface area (Å²) in [5.41, 5.74) is 2.02. The number of hydrogen-bond donors (Lipinski definition) is 2. The number of pyridine rings is 1. The van der Waals surface area contributed by atoms with Crippen LogP contribution in [0.25, 0.3) is 28.1 Å². The minimum absolute atomic E-state index is 0.167. The Labute approximate surface area is 187 Å². The quantitative estimate of drug-likeness (QED) is 0.347. The molecule has 11 heteroatoms. The van der Waals surface area contributed by atoms with Crippen molar-refractivity contribution in [1.29, 1.82) is 0 Å². The van der Waals surface area contributed by atoms with E-state index in [0.29, 0.717) is 11.1 Å². The molecule has 0 radical (unpaired) electrons. The van der Waals surface area contributed by atoms with Gasteiger partial charge in [0.2, 0.25) is 22.4 Å². The van der Waals surface area contributed by atoms with E-state index in [4.69, 9.17) is 5.14 Å². The molecule has 0 aliphatic rings. The fourth-order valence-electron chi connectivity index (χ4n) is 3.37. The van der Waals surface area contributed by atoms with Crippen molar-refractivity contribution in [2.75, 3.05) is 0 Å². The van der Waals surface area contributed by atoms with Crippen LogP contribution in [0.15, 0.2) is 78.0 Å². The zero-order valence-corrected chi connectivity index (χ0v) is 18.0. The molecule has 2 aromatic carbocycles. The van der Waals surface area contributed by atoms with E-state index in [-0.39, 0.29) is 16.3 Å². The molecule has 0 atom stereocenters. The highest BCUT2D eigenvalue weighted by atomic mass is 32.2. The number of benzene rings is 2. The monoisotopic (exact) mass is 475 g/mol. The molecule has 2 aromatic heterocycles. The third kappa shape index (κ3) is 4.59. The second-order valence-electron chi connectivity index (χ2n) is 7.36. The second kappa shape index (κ2) is 8.01. The molecule has 0 aliphatic carbocycles. The molecular weight excluding hydrogens is 457 g/mol. The van der Waals surface area contributed by atoms with Crippen molar-refractivity contribution in [1.82, 2.24) is 9.78 Å². The smallest absolute Gasteiger partial charge is 0.285 e. The fourth-order valence-corrected chi connectivity index (χ4v) is 3.89. The summed E-state index contributed by atoms with van der Waals surface area (Å²) in [4.78, 5) is -0.167. The molecule has 4 rings (SSSR count). The van der Waals surface area contributed by atoms with Gasteiger partial charge in [0.1, 0.15) is 0 Å². The van der Waals surface area contributed by atoms with Gasteiger partial charge in [-0.3, -0.25) is 5.21 Å². The van der Waals surface area contributed by atoms with Crippen molar-refractivity contribution in [3.05, 3.63) is 84.3 Å². The lowest BCUT2D eigenvalue weighted by molar-refractivity contribution is -0.904. The van der Waals surface area contributed by atoms with Crippen LogP contribution in [0.3, 0.4) is 0 Å². The maximum Gasteiger partial charge on any atom is 0.435 e. The molecule has 2 heterocycles. The van der Waals surface area contributed by atoms with Gasteiger partial charge in [-0.15, -0.1) is 0 Å². The Morgan fingerprint density at radius 1 is 0.970 bits per heavy atom. The molecule has 0 unspecified atom stereocenters. The number of hydrogen-bond acceptors (Lipinski definition) is 4. The van der Waals surface area contributed by atoms with Crippen LogP contribution in [0.2, 0.25) is 0 Å². The van der Waals surface area contributed by atoms with E-state index in [2.05, 4.69) is 5.10 Å². The Morgan fingerprint density at radius 2 is 1.61 bits per heavy atom. The number of sulfonamides is 1. The van der Waals surface area contributed by atoms with Gasteiger partial charge in [0.25, 0.3) is 0 Å². The number of primary sulfonamides is 1. The first-order valence-corrected chi connectivity index (χ1v) is 11.1. The Balaban J connectivity index is 1.90. The van der Waals surface area contributed by atoms with Gasteiger partial charge in [0.15, 0.2) is 5.69 Å². The predicted octanol–water partition coefficient (Wildman–Crippen LogP) is 3.71. The molecule has 0 aliphatic heterocycles. The largest absolute Gasteiger partial charge is 0.435 e. The van der Waals surface area contributed by atoms with Crippen molar-refractivity contribution in [3.8, 4) is 28.1 Å². The summed E-state index contributed by atoms with van der Waals surface area (Å²) in [5, 5.41) is 18.3. The van der Waals surface area contributed by atoms with Crippen LogP contribution in [0, 0.1) is 6.92 Å². The van der Waals surface area contributed by atoms with Crippen molar-refractivity contribution in [2.24, 2.45) is 5.14 Å². The highest BCUT2D eigenvalue weighted by Crippen LogP contribution is 2.36. The van der Waals surface area contributed by atoms with Crippen LogP contribution < -0.4 is 9.87 Å². The number of halogens is 3. The Bertz CT molecular complexity index is 1430. The molecule has 0 fully saturated rings. The van der Waals surface area contributed by atoms with E-state index in [1.54, 1.807) is 31.2 Å². The number of aromatic nitrogens is 3. The van der Waals surface area contributed by atoms with Crippen molar-refractivity contribution in [3.63, 3.8) is 0 Å². The van der Waals surface area contributed by atoms with Gasteiger partial charge in [-0.25, -0.2) is 18.2 Å². The molecule has 3 N–H and O–H groups in total. The fraction of sp³-hybridized carbons (Fsp3) is 0.0909. The van der Waals surface area contributed by atoms with Crippen LogP contribution in [0.1, 0.15) is 11.3 Å². The first-order chi connectivity index (χ1) is 15.4. The first-order valence-electron chi connectivity index (χ1n) is 9.56. The van der Waals surface area contributed by atoms with E-state index in [1.165, 1.54) is 36.7 Å². The lowest BCUT2D eigenvalue weighted by Gasteiger charge is -2.12. The molecular formula is C22H18F3N4O3S+. The third-order valence-electron chi connectivity index (χ3n) is 5.07. The van der Waals surface area contributed by atoms with Crippen LogP contribution in [-0.2, 0) is 16.2 Å². The lowest BCUT2D eigenvalue weighted by atomic mass is 9.98. The Hall–Kier alpha value is -3.70. The van der Waals surface area contributed by atoms with Gasteiger partial charge >= 0.3 is 6.18 Å². The van der Waals surface area contributed by atoms with Gasteiger partial charge in [-0.1, -0.05) is 12.1 Å². The summed E-state index contributed by atoms with van der Waals surface area (Å²) in [7, 11) is -3.96. The summed E-state index contributed by atoms with van der Waals surface area (Å²) in [5.74, 6) is 0. The SMILES string of the molecule is Cc1ccc(-c2cc[n+](O)cc2)cc1-c1cc(C(F)(F)F)nn1-c1ccc(S(N)(=O)=O)cc1. The average Bonchev–Trinajstić information content (AvgIpc) is 3.20. The van der Waals surface area contributed by atoms with Crippen LogP contribution in [0.5, 0.6) is 0 Å². The summed E-state index contributed by atoms with van der Waals surface area (Å²) in [6.45, 7) is 1.76. The molecule has 170 valence electrons. The second-order valence-corrected chi connectivity index (χ2v) is 8.92. The molecule has 7 nitrogen and oxygen atoms in total. The molecule has 0 saturated heterocycles. The highest BCUT2D eigenvalue weighted by molar-refractivity contribution is 7.89. The standard InChI is InChI=1S/C22H18F3N4O3S/c1-14-2-3-16(15-8-10-28(30)11-9-15)12-19(14)20-13-21(22(23,24)25)27-29(20)17-4-6-18(7-5-17)33(26,31)32/h2-13,30H,1H3,(H2,26,31,32)/q+1. The van der Waals surface area contributed by atoms with Crippen LogP contribution in [-0.4, -0.2) is 23.4 Å². The van der Waals surface area contributed by atoms with Crippen LogP contribution >= 0.6 is 0 Å². The molecule has 33 heavy (non-hydrogen) atoms. The Kier molecular flexibility index (Phi) is 5.46. The zero-order valence-electron chi connectivity index (χ0n) is 17.2. The molecule has 0 amide bonds. The third-order valence-corrected chi connectivity index (χ3v) is 6.00. The molecule has 0 bridgehead atoms. The van der Waals surface area contributed by atoms with E-state index < -0.39 is 21.9 Å². The maximum absolute atomic E-state index is 13.5. The summed E-state index contributed by atoms with van der Waals surface area (Å²) >= 11 is 0. The summed E-state index contributed by atoms with van der Waals surface area (Å²) in [6, 6.07) is 14.7. The topological polar surface area (TPSA) is 102 Å².